The van der Waals surface area contributed by atoms with Crippen LogP contribution in [0.1, 0.15) is 24.4 Å². The molecule has 5 heteroatoms. The Bertz CT molecular complexity index is 592. The molecule has 21 heavy (non-hydrogen) atoms. The average Bonchev–Trinajstić information content (AvgIpc) is 2.82. The van der Waals surface area contributed by atoms with Crippen LogP contribution >= 0.6 is 0 Å². The van der Waals surface area contributed by atoms with Gasteiger partial charge in [0.1, 0.15) is 6.04 Å². The van der Waals surface area contributed by atoms with Crippen LogP contribution in [0.5, 0.6) is 0 Å². The number of anilines is 1. The summed E-state index contributed by atoms with van der Waals surface area (Å²) in [6.07, 6.45) is 0. The quantitative estimate of drug-likeness (QED) is 0.801. The molecule has 2 N–H and O–H groups in total. The number of carbonyl (C=O) groups is 1. The van der Waals surface area contributed by atoms with Crippen molar-refractivity contribution >= 4 is 11.6 Å². The Labute approximate surface area is 125 Å². The van der Waals surface area contributed by atoms with E-state index in [1.165, 1.54) is 0 Å². The first kappa shape index (κ1) is 15.1. The SMILES string of the molecule is Cc1cc(C)n([C@@H](C)C(=O)NCCNc2ccccc2)n1. The van der Waals surface area contributed by atoms with E-state index in [0.29, 0.717) is 13.1 Å². The Morgan fingerprint density at radius 3 is 2.57 bits per heavy atom. The molecule has 0 aliphatic rings. The Balaban J connectivity index is 1.78. The fraction of sp³-hybridized carbons (Fsp3) is 0.375. The average molecular weight is 286 g/mol. The van der Waals surface area contributed by atoms with Gasteiger partial charge in [-0.1, -0.05) is 18.2 Å². The van der Waals surface area contributed by atoms with Gasteiger partial charge < -0.3 is 10.6 Å². The van der Waals surface area contributed by atoms with Crippen LogP contribution in [-0.4, -0.2) is 28.8 Å². The summed E-state index contributed by atoms with van der Waals surface area (Å²) in [5, 5.41) is 10.5. The van der Waals surface area contributed by atoms with E-state index in [1.54, 1.807) is 4.68 Å². The van der Waals surface area contributed by atoms with Crippen molar-refractivity contribution in [1.29, 1.82) is 0 Å². The molecule has 0 radical (unpaired) electrons. The Kier molecular flexibility index (Phi) is 4.98. The molecule has 0 saturated heterocycles. The van der Waals surface area contributed by atoms with Crippen molar-refractivity contribution in [2.45, 2.75) is 26.8 Å². The van der Waals surface area contributed by atoms with Crippen LogP contribution in [-0.2, 0) is 4.79 Å². The maximum Gasteiger partial charge on any atom is 0.244 e. The lowest BCUT2D eigenvalue weighted by Crippen LogP contribution is -2.34. The number of hydrogen-bond acceptors (Lipinski definition) is 3. The molecule has 1 atom stereocenters. The number of benzene rings is 1. The van der Waals surface area contributed by atoms with Gasteiger partial charge >= 0.3 is 0 Å². The number of aromatic nitrogens is 2. The van der Waals surface area contributed by atoms with E-state index >= 15 is 0 Å². The highest BCUT2D eigenvalue weighted by molar-refractivity contribution is 5.79. The lowest BCUT2D eigenvalue weighted by Gasteiger charge is -2.15. The van der Waals surface area contributed by atoms with Crippen molar-refractivity contribution in [3.63, 3.8) is 0 Å². The molecule has 1 heterocycles. The van der Waals surface area contributed by atoms with Crippen molar-refractivity contribution < 1.29 is 4.79 Å². The summed E-state index contributed by atoms with van der Waals surface area (Å²) in [7, 11) is 0. The van der Waals surface area contributed by atoms with Gasteiger partial charge in [-0.25, -0.2) is 0 Å². The third kappa shape index (κ3) is 4.08. The van der Waals surface area contributed by atoms with Crippen LogP contribution in [0.4, 0.5) is 5.69 Å². The van der Waals surface area contributed by atoms with E-state index in [0.717, 1.165) is 17.1 Å². The standard InChI is InChI=1S/C16H22N4O/c1-12-11-13(2)20(19-12)14(3)16(21)18-10-9-17-15-7-5-4-6-8-15/h4-8,11,14,17H,9-10H2,1-3H3,(H,18,21)/t14-/m0/s1. The molecule has 0 saturated carbocycles. The first-order chi connectivity index (χ1) is 10.1. The fourth-order valence-electron chi connectivity index (χ4n) is 2.25. The van der Waals surface area contributed by atoms with E-state index in [-0.39, 0.29) is 11.9 Å². The highest BCUT2D eigenvalue weighted by atomic mass is 16.2. The molecule has 0 bridgehead atoms. The first-order valence-corrected chi connectivity index (χ1v) is 7.17. The molecule has 112 valence electrons. The fourth-order valence-corrected chi connectivity index (χ4v) is 2.25. The third-order valence-electron chi connectivity index (χ3n) is 3.32. The zero-order valence-electron chi connectivity index (χ0n) is 12.8. The smallest absolute Gasteiger partial charge is 0.244 e. The molecule has 1 aromatic carbocycles. The van der Waals surface area contributed by atoms with Crippen LogP contribution in [0.15, 0.2) is 36.4 Å². The summed E-state index contributed by atoms with van der Waals surface area (Å²) < 4.78 is 1.76. The molecule has 0 fully saturated rings. The van der Waals surface area contributed by atoms with Gasteiger partial charge in [-0.3, -0.25) is 9.48 Å². The van der Waals surface area contributed by atoms with E-state index in [1.807, 2.05) is 57.2 Å². The van der Waals surface area contributed by atoms with Gasteiger partial charge in [0.2, 0.25) is 5.91 Å². The van der Waals surface area contributed by atoms with E-state index in [9.17, 15) is 4.79 Å². The summed E-state index contributed by atoms with van der Waals surface area (Å²) in [4.78, 5) is 12.1. The monoisotopic (exact) mass is 286 g/mol. The highest BCUT2D eigenvalue weighted by Crippen LogP contribution is 2.10. The number of amides is 1. The molecule has 0 unspecified atom stereocenters. The summed E-state index contributed by atoms with van der Waals surface area (Å²) in [5.74, 6) is -0.0175. The molecule has 2 aromatic rings. The number of hydrogen-bond donors (Lipinski definition) is 2. The summed E-state index contributed by atoms with van der Waals surface area (Å²) in [6, 6.07) is 11.6. The van der Waals surface area contributed by atoms with Crippen molar-refractivity contribution in [2.75, 3.05) is 18.4 Å². The van der Waals surface area contributed by atoms with Gasteiger partial charge in [0.05, 0.1) is 5.69 Å². The Hall–Kier alpha value is -2.30. The zero-order chi connectivity index (χ0) is 15.2. The Morgan fingerprint density at radius 2 is 1.95 bits per heavy atom. The predicted molar refractivity (Wildman–Crippen MR) is 84.4 cm³/mol. The molecule has 1 aromatic heterocycles. The normalized spacial score (nSPS) is 12.0. The van der Waals surface area contributed by atoms with Gasteiger partial charge in [-0.15, -0.1) is 0 Å². The van der Waals surface area contributed by atoms with Crippen molar-refractivity contribution in [3.8, 4) is 0 Å². The minimum absolute atomic E-state index is 0.0175. The molecule has 0 aliphatic heterocycles. The summed E-state index contributed by atoms with van der Waals surface area (Å²) >= 11 is 0. The second kappa shape index (κ2) is 6.92. The highest BCUT2D eigenvalue weighted by Gasteiger charge is 2.16. The van der Waals surface area contributed by atoms with E-state index < -0.39 is 0 Å². The van der Waals surface area contributed by atoms with Gasteiger partial charge in [0.25, 0.3) is 0 Å². The maximum absolute atomic E-state index is 12.1. The number of nitrogens with zero attached hydrogens (tertiary/aromatic N) is 2. The van der Waals surface area contributed by atoms with Gasteiger partial charge in [0.15, 0.2) is 0 Å². The van der Waals surface area contributed by atoms with Gasteiger partial charge in [-0.05, 0) is 39.0 Å². The molecule has 0 aliphatic carbocycles. The summed E-state index contributed by atoms with van der Waals surface area (Å²) in [6.45, 7) is 7.02. The number of carbonyl (C=O) groups excluding carboxylic acids is 1. The second-order valence-electron chi connectivity index (χ2n) is 5.13. The minimum atomic E-state index is -0.296. The molecule has 0 spiro atoms. The first-order valence-electron chi connectivity index (χ1n) is 7.17. The van der Waals surface area contributed by atoms with Crippen LogP contribution in [0.25, 0.3) is 0 Å². The number of rotatable bonds is 6. The minimum Gasteiger partial charge on any atom is -0.383 e. The predicted octanol–water partition coefficient (Wildman–Crippen LogP) is 2.29. The van der Waals surface area contributed by atoms with Crippen molar-refractivity contribution in [3.05, 3.63) is 47.8 Å². The number of aryl methyl sites for hydroxylation is 2. The van der Waals surface area contributed by atoms with E-state index in [4.69, 9.17) is 0 Å². The maximum atomic E-state index is 12.1. The Morgan fingerprint density at radius 1 is 1.24 bits per heavy atom. The third-order valence-corrected chi connectivity index (χ3v) is 3.32. The lowest BCUT2D eigenvalue weighted by atomic mass is 10.3. The van der Waals surface area contributed by atoms with Crippen LogP contribution in [0, 0.1) is 13.8 Å². The number of para-hydroxylation sites is 1. The van der Waals surface area contributed by atoms with Gasteiger partial charge in [0, 0.05) is 24.5 Å². The van der Waals surface area contributed by atoms with Crippen LogP contribution < -0.4 is 10.6 Å². The van der Waals surface area contributed by atoms with E-state index in [2.05, 4.69) is 15.7 Å². The van der Waals surface area contributed by atoms with Crippen LogP contribution in [0.2, 0.25) is 0 Å². The number of nitrogens with one attached hydrogen (secondary N) is 2. The molecular formula is C16H22N4O. The van der Waals surface area contributed by atoms with Crippen molar-refractivity contribution in [2.24, 2.45) is 0 Å². The topological polar surface area (TPSA) is 59.0 Å². The molecule has 2 rings (SSSR count). The van der Waals surface area contributed by atoms with Gasteiger partial charge in [-0.2, -0.15) is 5.10 Å². The summed E-state index contributed by atoms with van der Waals surface area (Å²) in [5.41, 5.74) is 2.98. The van der Waals surface area contributed by atoms with Crippen molar-refractivity contribution in [1.82, 2.24) is 15.1 Å². The zero-order valence-corrected chi connectivity index (χ0v) is 12.8. The lowest BCUT2D eigenvalue weighted by molar-refractivity contribution is -0.124. The van der Waals surface area contributed by atoms with Crippen LogP contribution in [0.3, 0.4) is 0 Å². The largest absolute Gasteiger partial charge is 0.383 e. The molecule has 1 amide bonds. The second-order valence-corrected chi connectivity index (χ2v) is 5.13. The molecular weight excluding hydrogens is 264 g/mol. The molecule has 5 nitrogen and oxygen atoms in total.